The summed E-state index contributed by atoms with van der Waals surface area (Å²) in [6.07, 6.45) is 5.14. The standard InChI is InChI=1S/C20H29ClN2O2/c1-4-5-10-22-19(24)15-6-8-16(9-7-15)20(25)23-18-14(3)11-13(2)12-17(18)21/h11-12,15-16H,4-10H2,1-3H3,(H,22,24)(H,23,25). The molecule has 138 valence electrons. The van der Waals surface area contributed by atoms with Crippen molar-refractivity contribution in [2.75, 3.05) is 11.9 Å². The molecule has 1 aromatic carbocycles. The van der Waals surface area contributed by atoms with E-state index in [-0.39, 0.29) is 23.7 Å². The van der Waals surface area contributed by atoms with Crippen LogP contribution in [0.2, 0.25) is 5.02 Å². The van der Waals surface area contributed by atoms with Gasteiger partial charge in [-0.05, 0) is 63.1 Å². The zero-order valence-corrected chi connectivity index (χ0v) is 16.2. The van der Waals surface area contributed by atoms with Gasteiger partial charge in [0, 0.05) is 18.4 Å². The number of hydrogen-bond acceptors (Lipinski definition) is 2. The van der Waals surface area contributed by atoms with Gasteiger partial charge >= 0.3 is 0 Å². The SMILES string of the molecule is CCCCNC(=O)C1CCC(C(=O)Nc2c(C)cc(C)cc2Cl)CC1. The summed E-state index contributed by atoms with van der Waals surface area (Å²) in [5.74, 6) is 0.158. The minimum Gasteiger partial charge on any atom is -0.356 e. The lowest BCUT2D eigenvalue weighted by Crippen LogP contribution is -2.36. The molecule has 0 radical (unpaired) electrons. The summed E-state index contributed by atoms with van der Waals surface area (Å²) >= 11 is 6.28. The fourth-order valence-electron chi connectivity index (χ4n) is 3.45. The van der Waals surface area contributed by atoms with Crippen LogP contribution in [0.3, 0.4) is 0 Å². The molecule has 1 aliphatic rings. The van der Waals surface area contributed by atoms with Crippen LogP contribution in [0, 0.1) is 25.7 Å². The van der Waals surface area contributed by atoms with Gasteiger partial charge in [0.25, 0.3) is 0 Å². The maximum Gasteiger partial charge on any atom is 0.227 e. The first-order valence-electron chi connectivity index (χ1n) is 9.27. The second-order valence-corrected chi connectivity index (χ2v) is 7.53. The number of anilines is 1. The van der Waals surface area contributed by atoms with E-state index in [2.05, 4.69) is 17.6 Å². The van der Waals surface area contributed by atoms with Crippen molar-refractivity contribution in [3.8, 4) is 0 Å². The summed E-state index contributed by atoms with van der Waals surface area (Å²) in [5, 5.41) is 6.57. The summed E-state index contributed by atoms with van der Waals surface area (Å²) in [7, 11) is 0. The van der Waals surface area contributed by atoms with E-state index in [1.54, 1.807) is 0 Å². The zero-order chi connectivity index (χ0) is 18.4. The molecule has 0 aliphatic heterocycles. The lowest BCUT2D eigenvalue weighted by atomic mass is 9.81. The molecule has 0 heterocycles. The number of carbonyl (C=O) groups excluding carboxylic acids is 2. The van der Waals surface area contributed by atoms with Gasteiger partial charge in [0.05, 0.1) is 10.7 Å². The van der Waals surface area contributed by atoms with E-state index in [1.807, 2.05) is 26.0 Å². The van der Waals surface area contributed by atoms with Crippen LogP contribution in [0.5, 0.6) is 0 Å². The molecule has 0 unspecified atom stereocenters. The van der Waals surface area contributed by atoms with Crippen molar-refractivity contribution < 1.29 is 9.59 Å². The summed E-state index contributed by atoms with van der Waals surface area (Å²) in [6, 6.07) is 3.88. The number of amides is 2. The summed E-state index contributed by atoms with van der Waals surface area (Å²) < 4.78 is 0. The molecule has 4 nitrogen and oxygen atoms in total. The van der Waals surface area contributed by atoms with Gasteiger partial charge in [-0.15, -0.1) is 0 Å². The predicted octanol–water partition coefficient (Wildman–Crippen LogP) is 4.62. The maximum absolute atomic E-state index is 12.6. The first-order valence-corrected chi connectivity index (χ1v) is 9.65. The second-order valence-electron chi connectivity index (χ2n) is 7.12. The number of nitrogens with one attached hydrogen (secondary N) is 2. The summed E-state index contributed by atoms with van der Waals surface area (Å²) in [5.41, 5.74) is 2.76. The lowest BCUT2D eigenvalue weighted by molar-refractivity contribution is -0.128. The minimum absolute atomic E-state index is 0.0127. The van der Waals surface area contributed by atoms with E-state index in [4.69, 9.17) is 11.6 Å². The predicted molar refractivity (Wildman–Crippen MR) is 103 cm³/mol. The van der Waals surface area contributed by atoms with Gasteiger partial charge in [0.1, 0.15) is 0 Å². The Hall–Kier alpha value is -1.55. The zero-order valence-electron chi connectivity index (χ0n) is 15.5. The topological polar surface area (TPSA) is 58.2 Å². The molecule has 0 aromatic heterocycles. The highest BCUT2D eigenvalue weighted by Crippen LogP contribution is 2.32. The number of hydrogen-bond donors (Lipinski definition) is 2. The molecule has 25 heavy (non-hydrogen) atoms. The van der Waals surface area contributed by atoms with Gasteiger partial charge in [-0.3, -0.25) is 9.59 Å². The van der Waals surface area contributed by atoms with Crippen LogP contribution >= 0.6 is 11.6 Å². The molecule has 1 saturated carbocycles. The molecular formula is C20H29ClN2O2. The number of carbonyl (C=O) groups is 2. The van der Waals surface area contributed by atoms with Gasteiger partial charge in [0.2, 0.25) is 11.8 Å². The molecule has 0 saturated heterocycles. The molecule has 5 heteroatoms. The monoisotopic (exact) mass is 364 g/mol. The second kappa shape index (κ2) is 9.23. The Morgan fingerprint density at radius 1 is 1.08 bits per heavy atom. The highest BCUT2D eigenvalue weighted by atomic mass is 35.5. The maximum atomic E-state index is 12.6. The Morgan fingerprint density at radius 2 is 1.68 bits per heavy atom. The molecular weight excluding hydrogens is 336 g/mol. The molecule has 2 N–H and O–H groups in total. The van der Waals surface area contributed by atoms with Crippen LogP contribution < -0.4 is 10.6 Å². The molecule has 2 amide bonds. The molecule has 2 rings (SSSR count). The van der Waals surface area contributed by atoms with Crippen molar-refractivity contribution >= 4 is 29.1 Å². The number of benzene rings is 1. The van der Waals surface area contributed by atoms with Gasteiger partial charge in [-0.1, -0.05) is 31.0 Å². The highest BCUT2D eigenvalue weighted by Gasteiger charge is 2.30. The third-order valence-corrected chi connectivity index (χ3v) is 5.28. The average Bonchev–Trinajstić information content (AvgIpc) is 2.58. The number of aryl methyl sites for hydroxylation is 2. The molecule has 0 bridgehead atoms. The van der Waals surface area contributed by atoms with Crippen molar-refractivity contribution in [3.63, 3.8) is 0 Å². The van der Waals surface area contributed by atoms with Crippen LogP contribution in [-0.4, -0.2) is 18.4 Å². The summed E-state index contributed by atoms with van der Waals surface area (Å²) in [4.78, 5) is 24.7. The lowest BCUT2D eigenvalue weighted by Gasteiger charge is -2.27. The normalized spacial score (nSPS) is 20.2. The number of rotatable bonds is 6. The smallest absolute Gasteiger partial charge is 0.227 e. The largest absolute Gasteiger partial charge is 0.356 e. The molecule has 0 atom stereocenters. The van der Waals surface area contributed by atoms with Crippen molar-refractivity contribution in [1.29, 1.82) is 0 Å². The van der Waals surface area contributed by atoms with Crippen molar-refractivity contribution in [3.05, 3.63) is 28.3 Å². The van der Waals surface area contributed by atoms with Gasteiger partial charge < -0.3 is 10.6 Å². The quantitative estimate of drug-likeness (QED) is 0.723. The Kier molecular flexibility index (Phi) is 7.30. The van der Waals surface area contributed by atoms with E-state index in [0.29, 0.717) is 10.7 Å². The fourth-order valence-corrected chi connectivity index (χ4v) is 3.82. The Morgan fingerprint density at radius 3 is 2.24 bits per heavy atom. The van der Waals surface area contributed by atoms with Gasteiger partial charge in [0.15, 0.2) is 0 Å². The third-order valence-electron chi connectivity index (χ3n) is 4.98. The van der Waals surface area contributed by atoms with E-state index >= 15 is 0 Å². The van der Waals surface area contributed by atoms with E-state index in [0.717, 1.165) is 56.2 Å². The molecule has 0 spiro atoms. The molecule has 1 aromatic rings. The van der Waals surface area contributed by atoms with Crippen LogP contribution in [0.1, 0.15) is 56.6 Å². The first kappa shape index (κ1) is 19.8. The minimum atomic E-state index is -0.0449. The van der Waals surface area contributed by atoms with Crippen LogP contribution in [-0.2, 0) is 9.59 Å². The number of halogens is 1. The third kappa shape index (κ3) is 5.46. The Bertz CT molecular complexity index is 599. The van der Waals surface area contributed by atoms with E-state index < -0.39 is 0 Å². The highest BCUT2D eigenvalue weighted by molar-refractivity contribution is 6.34. The summed E-state index contributed by atoms with van der Waals surface area (Å²) in [6.45, 7) is 6.79. The van der Waals surface area contributed by atoms with Crippen LogP contribution in [0.4, 0.5) is 5.69 Å². The average molecular weight is 365 g/mol. The van der Waals surface area contributed by atoms with Crippen molar-refractivity contribution in [1.82, 2.24) is 5.32 Å². The number of unbranched alkanes of at least 4 members (excludes halogenated alkanes) is 1. The van der Waals surface area contributed by atoms with Gasteiger partial charge in [-0.2, -0.15) is 0 Å². The van der Waals surface area contributed by atoms with Crippen molar-refractivity contribution in [2.45, 2.75) is 59.3 Å². The Labute approximate surface area is 155 Å². The van der Waals surface area contributed by atoms with Crippen molar-refractivity contribution in [2.24, 2.45) is 11.8 Å². The van der Waals surface area contributed by atoms with Gasteiger partial charge in [-0.25, -0.2) is 0 Å². The van der Waals surface area contributed by atoms with E-state index in [1.165, 1.54) is 0 Å². The fraction of sp³-hybridized carbons (Fsp3) is 0.600. The molecule has 1 aliphatic carbocycles. The van der Waals surface area contributed by atoms with E-state index in [9.17, 15) is 9.59 Å². The van der Waals surface area contributed by atoms with Crippen LogP contribution in [0.25, 0.3) is 0 Å². The first-order chi connectivity index (χ1) is 11.9. The van der Waals surface area contributed by atoms with Crippen LogP contribution in [0.15, 0.2) is 12.1 Å². The molecule has 1 fully saturated rings. The Balaban J connectivity index is 1.86.